The highest BCUT2D eigenvalue weighted by Crippen LogP contribution is 2.29. The molecule has 1 aromatic heterocycles. The normalized spacial score (nSPS) is 10.5. The summed E-state index contributed by atoms with van der Waals surface area (Å²) in [6.45, 7) is 5.00. The minimum atomic E-state index is -0.362. The lowest BCUT2D eigenvalue weighted by Crippen LogP contribution is -2.14. The van der Waals surface area contributed by atoms with Gasteiger partial charge in [0.15, 0.2) is 0 Å². The topological polar surface area (TPSA) is 72.4 Å². The van der Waals surface area contributed by atoms with Crippen molar-refractivity contribution in [3.05, 3.63) is 71.3 Å². The van der Waals surface area contributed by atoms with Gasteiger partial charge in [0.25, 0.3) is 5.91 Å². The van der Waals surface area contributed by atoms with E-state index in [0.29, 0.717) is 34.1 Å². The predicted molar refractivity (Wildman–Crippen MR) is 110 cm³/mol. The van der Waals surface area contributed by atoms with Crippen molar-refractivity contribution in [2.75, 3.05) is 17.7 Å². The van der Waals surface area contributed by atoms with Crippen LogP contribution in [-0.2, 0) is 4.79 Å². The van der Waals surface area contributed by atoms with Crippen LogP contribution in [0.4, 0.5) is 15.8 Å². The first-order valence-electron chi connectivity index (χ1n) is 9.02. The maximum Gasteiger partial charge on any atom is 0.257 e. The van der Waals surface area contributed by atoms with Gasteiger partial charge in [0.1, 0.15) is 11.6 Å². The first-order valence-corrected chi connectivity index (χ1v) is 9.02. The summed E-state index contributed by atoms with van der Waals surface area (Å²) in [5.41, 5.74) is 3.23. The van der Waals surface area contributed by atoms with Crippen LogP contribution < -0.4 is 15.4 Å². The first kappa shape index (κ1) is 20.1. The minimum Gasteiger partial charge on any atom is -0.494 e. The van der Waals surface area contributed by atoms with Crippen LogP contribution >= 0.6 is 0 Å². The molecule has 2 amide bonds. The molecule has 3 rings (SSSR count). The Morgan fingerprint density at radius 2 is 1.76 bits per heavy atom. The Labute approximate surface area is 168 Å². The highest BCUT2D eigenvalue weighted by molar-refractivity contribution is 6.05. The van der Waals surface area contributed by atoms with E-state index in [-0.39, 0.29) is 17.6 Å². The number of rotatable bonds is 5. The molecule has 2 N–H and O–H groups in total. The van der Waals surface area contributed by atoms with E-state index in [2.05, 4.69) is 10.6 Å². The molecular weight excluding hydrogens is 373 g/mol. The molecule has 0 saturated carbocycles. The van der Waals surface area contributed by atoms with Gasteiger partial charge in [-0.3, -0.25) is 9.59 Å². The van der Waals surface area contributed by atoms with Gasteiger partial charge in [-0.05, 0) is 44.2 Å². The third kappa shape index (κ3) is 4.13. The van der Waals surface area contributed by atoms with Gasteiger partial charge in [-0.2, -0.15) is 0 Å². The zero-order valence-corrected chi connectivity index (χ0v) is 16.7. The van der Waals surface area contributed by atoms with Gasteiger partial charge >= 0.3 is 0 Å². The van der Waals surface area contributed by atoms with Crippen LogP contribution in [0.2, 0.25) is 0 Å². The van der Waals surface area contributed by atoms with Crippen LogP contribution in [0.5, 0.6) is 5.75 Å². The van der Waals surface area contributed by atoms with E-state index in [1.54, 1.807) is 54.0 Å². The minimum absolute atomic E-state index is 0.222. The Morgan fingerprint density at radius 3 is 2.41 bits per heavy atom. The van der Waals surface area contributed by atoms with Gasteiger partial charge in [-0.15, -0.1) is 0 Å². The number of aromatic nitrogens is 1. The number of anilines is 2. The predicted octanol–water partition coefficient (Wildman–Crippen LogP) is 4.45. The molecule has 0 aliphatic heterocycles. The van der Waals surface area contributed by atoms with E-state index in [9.17, 15) is 14.0 Å². The average Bonchev–Trinajstić information content (AvgIpc) is 2.97. The molecule has 0 aliphatic rings. The van der Waals surface area contributed by atoms with Crippen LogP contribution in [0.15, 0.2) is 48.5 Å². The summed E-state index contributed by atoms with van der Waals surface area (Å²) in [4.78, 5) is 24.1. The second-order valence-corrected chi connectivity index (χ2v) is 6.62. The van der Waals surface area contributed by atoms with Crippen LogP contribution in [0.1, 0.15) is 28.7 Å². The van der Waals surface area contributed by atoms with E-state index in [1.807, 2.05) is 6.92 Å². The van der Waals surface area contributed by atoms with Gasteiger partial charge in [-0.25, -0.2) is 4.39 Å². The maximum atomic E-state index is 14.2. The fraction of sp³-hybridized carbons (Fsp3) is 0.182. The fourth-order valence-corrected chi connectivity index (χ4v) is 3.26. The zero-order chi connectivity index (χ0) is 21.1. The van der Waals surface area contributed by atoms with E-state index in [0.717, 1.165) is 5.69 Å². The molecule has 7 heteroatoms. The first-order chi connectivity index (χ1) is 13.8. The second-order valence-electron chi connectivity index (χ2n) is 6.62. The van der Waals surface area contributed by atoms with E-state index < -0.39 is 0 Å². The number of nitrogens with zero attached hydrogens (tertiary/aromatic N) is 1. The summed E-state index contributed by atoms with van der Waals surface area (Å²) in [5, 5.41) is 5.49. The number of amides is 2. The van der Waals surface area contributed by atoms with Crippen molar-refractivity contribution in [1.82, 2.24) is 4.57 Å². The molecule has 0 radical (unpaired) electrons. The Kier molecular flexibility index (Phi) is 5.68. The third-order valence-electron chi connectivity index (χ3n) is 4.54. The Hall–Kier alpha value is -3.61. The number of benzene rings is 2. The quantitative estimate of drug-likeness (QED) is 0.670. The molecule has 0 fully saturated rings. The van der Waals surface area contributed by atoms with E-state index in [4.69, 9.17) is 4.74 Å². The standard InChI is InChI=1S/C22H22FN3O3/c1-13-11-17(14(2)26(13)20-8-6-5-7-18(20)23)22(28)25-16-9-10-19(24-15(3)27)21(12-16)29-4/h5-12H,1-4H3,(H,24,27)(H,25,28). The number of carbonyl (C=O) groups excluding carboxylic acids is 2. The molecule has 3 aromatic rings. The second kappa shape index (κ2) is 8.18. The number of methoxy groups -OCH3 is 1. The summed E-state index contributed by atoms with van der Waals surface area (Å²) in [5.74, 6) is -0.481. The van der Waals surface area contributed by atoms with Crippen LogP contribution in [-0.4, -0.2) is 23.5 Å². The molecular formula is C22H22FN3O3. The van der Waals surface area contributed by atoms with Crippen LogP contribution in [0, 0.1) is 19.7 Å². The number of aryl methyl sites for hydroxylation is 1. The van der Waals surface area contributed by atoms with Gasteiger partial charge in [0.2, 0.25) is 5.91 Å². The molecule has 150 valence electrons. The summed E-state index contributed by atoms with van der Waals surface area (Å²) in [6.07, 6.45) is 0. The summed E-state index contributed by atoms with van der Waals surface area (Å²) < 4.78 is 21.2. The monoisotopic (exact) mass is 395 g/mol. The molecule has 6 nitrogen and oxygen atoms in total. The van der Waals surface area contributed by atoms with Crippen molar-refractivity contribution in [2.45, 2.75) is 20.8 Å². The average molecular weight is 395 g/mol. The lowest BCUT2D eigenvalue weighted by molar-refractivity contribution is -0.114. The Balaban J connectivity index is 1.90. The van der Waals surface area contributed by atoms with Gasteiger partial charge in [-0.1, -0.05) is 12.1 Å². The van der Waals surface area contributed by atoms with Crippen molar-refractivity contribution in [2.24, 2.45) is 0 Å². The number of hydrogen-bond donors (Lipinski definition) is 2. The maximum absolute atomic E-state index is 14.2. The smallest absolute Gasteiger partial charge is 0.257 e. The molecule has 0 atom stereocenters. The number of carbonyl (C=O) groups is 2. The lowest BCUT2D eigenvalue weighted by Gasteiger charge is -2.12. The molecule has 0 spiro atoms. The van der Waals surface area contributed by atoms with Gasteiger partial charge < -0.3 is 19.9 Å². The summed E-state index contributed by atoms with van der Waals surface area (Å²) in [6, 6.07) is 13.1. The third-order valence-corrected chi connectivity index (χ3v) is 4.54. The van der Waals surface area contributed by atoms with E-state index >= 15 is 0 Å². The Morgan fingerprint density at radius 1 is 1.03 bits per heavy atom. The van der Waals surface area contributed by atoms with E-state index in [1.165, 1.54) is 20.1 Å². The van der Waals surface area contributed by atoms with Crippen LogP contribution in [0.25, 0.3) is 5.69 Å². The number of hydrogen-bond acceptors (Lipinski definition) is 3. The lowest BCUT2D eigenvalue weighted by atomic mass is 10.2. The molecule has 2 aromatic carbocycles. The molecule has 0 aliphatic carbocycles. The largest absolute Gasteiger partial charge is 0.494 e. The summed E-state index contributed by atoms with van der Waals surface area (Å²) >= 11 is 0. The molecule has 1 heterocycles. The fourth-order valence-electron chi connectivity index (χ4n) is 3.26. The number of ether oxygens (including phenoxy) is 1. The SMILES string of the molecule is COc1cc(NC(=O)c2cc(C)n(-c3ccccc3F)c2C)ccc1NC(C)=O. The number of nitrogens with one attached hydrogen (secondary N) is 2. The molecule has 29 heavy (non-hydrogen) atoms. The van der Waals surface area contributed by atoms with Crippen LogP contribution in [0.3, 0.4) is 0 Å². The molecule has 0 saturated heterocycles. The van der Waals surface area contributed by atoms with Crippen molar-refractivity contribution in [3.63, 3.8) is 0 Å². The van der Waals surface area contributed by atoms with Crippen molar-refractivity contribution >= 4 is 23.2 Å². The Bertz CT molecular complexity index is 1090. The van der Waals surface area contributed by atoms with Gasteiger partial charge in [0.05, 0.1) is 24.0 Å². The highest BCUT2D eigenvalue weighted by atomic mass is 19.1. The van der Waals surface area contributed by atoms with Crippen molar-refractivity contribution < 1.29 is 18.7 Å². The molecule has 0 bridgehead atoms. The van der Waals surface area contributed by atoms with Crippen molar-refractivity contribution in [1.29, 1.82) is 0 Å². The van der Waals surface area contributed by atoms with Gasteiger partial charge in [0, 0.05) is 30.1 Å². The summed E-state index contributed by atoms with van der Waals surface area (Å²) in [7, 11) is 1.48. The zero-order valence-electron chi connectivity index (χ0n) is 16.7. The number of halogens is 1. The number of para-hydroxylation sites is 1. The molecule has 0 unspecified atom stereocenters. The van der Waals surface area contributed by atoms with Crippen molar-refractivity contribution in [3.8, 4) is 11.4 Å². The highest BCUT2D eigenvalue weighted by Gasteiger charge is 2.19.